The van der Waals surface area contributed by atoms with E-state index in [0.717, 1.165) is 6.42 Å². The lowest BCUT2D eigenvalue weighted by molar-refractivity contribution is -0.141. The maximum atomic E-state index is 12.7. The molecule has 0 spiro atoms. The van der Waals surface area contributed by atoms with Crippen LogP contribution < -0.4 is 5.32 Å². The Morgan fingerprint density at radius 2 is 2.04 bits per heavy atom. The van der Waals surface area contributed by atoms with E-state index in [9.17, 15) is 9.59 Å². The molecule has 1 fully saturated rings. The second kappa shape index (κ2) is 7.40. The number of amides is 1. The van der Waals surface area contributed by atoms with Crippen LogP contribution in [0.4, 0.5) is 0 Å². The minimum Gasteiger partial charge on any atom is -0.465 e. The lowest BCUT2D eigenvalue weighted by Gasteiger charge is -2.29. The highest BCUT2D eigenvalue weighted by atomic mass is 32.1. The summed E-state index contributed by atoms with van der Waals surface area (Å²) >= 11 is 5.28. The monoisotopic (exact) mass is 340 g/mol. The van der Waals surface area contributed by atoms with Crippen molar-refractivity contribution in [1.82, 2.24) is 20.5 Å². The molecule has 0 atom stereocenters. The fourth-order valence-electron chi connectivity index (χ4n) is 2.40. The van der Waals surface area contributed by atoms with Gasteiger partial charge in [-0.3, -0.25) is 14.6 Å². The number of carbonyl (C=O) groups excluding carboxylic acids is 2. The molecule has 1 N–H and O–H groups in total. The molecule has 1 saturated heterocycles. The van der Waals surface area contributed by atoms with Crippen molar-refractivity contribution in [2.24, 2.45) is 0 Å². The van der Waals surface area contributed by atoms with Gasteiger partial charge in [-0.25, -0.2) is 5.01 Å². The van der Waals surface area contributed by atoms with E-state index in [2.05, 4.69) is 10.5 Å². The number of rotatable bonds is 4. The summed E-state index contributed by atoms with van der Waals surface area (Å²) < 4.78 is 9.89. The molecule has 1 aromatic rings. The topological polar surface area (TPSA) is 87.9 Å². The molecule has 0 aromatic carbocycles. The van der Waals surface area contributed by atoms with Crippen molar-refractivity contribution in [3.05, 3.63) is 17.0 Å². The average molecular weight is 340 g/mol. The van der Waals surface area contributed by atoms with E-state index in [-0.39, 0.29) is 12.5 Å². The number of ether oxygens (including phenoxy) is 1. The molecule has 2 heterocycles. The Bertz CT molecular complexity index is 596. The molecule has 23 heavy (non-hydrogen) atoms. The zero-order valence-electron chi connectivity index (χ0n) is 13.4. The van der Waals surface area contributed by atoms with Crippen molar-refractivity contribution < 1.29 is 18.8 Å². The molecular weight excluding hydrogens is 320 g/mol. The maximum Gasteiger partial charge on any atom is 0.325 e. The molecule has 1 amide bonds. The highest BCUT2D eigenvalue weighted by Crippen LogP contribution is 2.20. The van der Waals surface area contributed by atoms with Crippen LogP contribution in [-0.4, -0.2) is 58.4 Å². The minimum absolute atomic E-state index is 0.0312. The van der Waals surface area contributed by atoms with Crippen LogP contribution in [-0.2, 0) is 9.53 Å². The number of carbonyl (C=O) groups is 2. The van der Waals surface area contributed by atoms with Gasteiger partial charge in [-0.2, -0.15) is 0 Å². The molecule has 9 heteroatoms. The summed E-state index contributed by atoms with van der Waals surface area (Å²) in [5.41, 5.74) is 0.995. The highest BCUT2D eigenvalue weighted by Gasteiger charge is 2.32. The average Bonchev–Trinajstić information content (AvgIpc) is 3.12. The van der Waals surface area contributed by atoms with E-state index in [1.54, 1.807) is 30.8 Å². The molecule has 0 bridgehead atoms. The third-order valence-corrected chi connectivity index (χ3v) is 3.79. The van der Waals surface area contributed by atoms with Gasteiger partial charge in [-0.15, -0.1) is 0 Å². The quantitative estimate of drug-likeness (QED) is 0.636. The van der Waals surface area contributed by atoms with Crippen LogP contribution in [0.5, 0.6) is 0 Å². The summed E-state index contributed by atoms with van der Waals surface area (Å²) in [6, 6.07) is 0. The maximum absolute atomic E-state index is 12.7. The van der Waals surface area contributed by atoms with E-state index in [1.165, 1.54) is 0 Å². The van der Waals surface area contributed by atoms with Crippen molar-refractivity contribution in [2.45, 2.75) is 27.2 Å². The first-order valence-corrected chi connectivity index (χ1v) is 7.82. The van der Waals surface area contributed by atoms with Crippen molar-refractivity contribution in [2.75, 3.05) is 26.2 Å². The summed E-state index contributed by atoms with van der Waals surface area (Å²) in [4.78, 5) is 24.1. The number of aromatic nitrogens is 1. The van der Waals surface area contributed by atoms with Gasteiger partial charge < -0.3 is 14.6 Å². The molecule has 0 radical (unpaired) electrons. The lowest BCUT2D eigenvalue weighted by Crippen LogP contribution is -2.50. The van der Waals surface area contributed by atoms with Gasteiger partial charge in [0.2, 0.25) is 0 Å². The van der Waals surface area contributed by atoms with Crippen LogP contribution in [0.2, 0.25) is 0 Å². The molecule has 2 rings (SSSR count). The molecule has 126 valence electrons. The smallest absolute Gasteiger partial charge is 0.325 e. The predicted octanol–water partition coefficient (Wildman–Crippen LogP) is 0.792. The number of nitrogens with one attached hydrogen (secondary N) is 1. The minimum atomic E-state index is -0.391. The first kappa shape index (κ1) is 17.2. The number of aryl methyl sites for hydroxylation is 2. The summed E-state index contributed by atoms with van der Waals surface area (Å²) in [6.07, 6.45) is 0.788. The van der Waals surface area contributed by atoms with Gasteiger partial charge in [0.1, 0.15) is 17.9 Å². The standard InChI is InChI=1S/C14H20N4O4S/c1-4-21-11(19)8-15-14(23)18-7-5-6-17(18)13(20)12-9(2)16-22-10(12)3/h4-8H2,1-3H3,(H,15,23). The Hall–Kier alpha value is -2.16. The van der Waals surface area contributed by atoms with Crippen LogP contribution in [0.25, 0.3) is 0 Å². The highest BCUT2D eigenvalue weighted by molar-refractivity contribution is 7.80. The van der Waals surface area contributed by atoms with Crippen LogP contribution >= 0.6 is 12.2 Å². The normalized spacial score (nSPS) is 14.0. The summed E-state index contributed by atoms with van der Waals surface area (Å²) in [5.74, 6) is -0.124. The predicted molar refractivity (Wildman–Crippen MR) is 85.6 cm³/mol. The lowest BCUT2D eigenvalue weighted by atomic mass is 10.2. The van der Waals surface area contributed by atoms with Crippen LogP contribution in [0.3, 0.4) is 0 Å². The van der Waals surface area contributed by atoms with Gasteiger partial charge in [-0.1, -0.05) is 5.16 Å². The molecule has 1 aromatic heterocycles. The Labute approximate surface area is 139 Å². The van der Waals surface area contributed by atoms with E-state index < -0.39 is 5.97 Å². The Balaban J connectivity index is 2.04. The number of hydrazine groups is 1. The Morgan fingerprint density at radius 3 is 2.65 bits per heavy atom. The van der Waals surface area contributed by atoms with E-state index in [4.69, 9.17) is 21.5 Å². The fraction of sp³-hybridized carbons (Fsp3) is 0.571. The zero-order valence-corrected chi connectivity index (χ0v) is 14.2. The van der Waals surface area contributed by atoms with Crippen molar-refractivity contribution >= 4 is 29.2 Å². The molecule has 1 aliphatic heterocycles. The van der Waals surface area contributed by atoms with Crippen LogP contribution in [0, 0.1) is 13.8 Å². The van der Waals surface area contributed by atoms with Gasteiger partial charge in [0, 0.05) is 13.1 Å². The summed E-state index contributed by atoms with van der Waals surface area (Å²) in [5, 5.41) is 10.1. The SMILES string of the molecule is CCOC(=O)CNC(=S)N1CCCN1C(=O)c1c(C)noc1C. The molecule has 0 unspecified atom stereocenters. The number of hydrogen-bond donors (Lipinski definition) is 1. The summed E-state index contributed by atoms with van der Waals surface area (Å²) in [7, 11) is 0. The summed E-state index contributed by atoms with van der Waals surface area (Å²) in [6.45, 7) is 6.59. The third-order valence-electron chi connectivity index (χ3n) is 3.44. The third kappa shape index (κ3) is 3.79. The molecule has 8 nitrogen and oxygen atoms in total. The Morgan fingerprint density at radius 1 is 1.35 bits per heavy atom. The van der Waals surface area contributed by atoms with E-state index in [1.807, 2.05) is 0 Å². The van der Waals surface area contributed by atoms with Crippen molar-refractivity contribution in [1.29, 1.82) is 0 Å². The first-order chi connectivity index (χ1) is 11.0. The van der Waals surface area contributed by atoms with Gasteiger partial charge >= 0.3 is 5.97 Å². The fourth-order valence-corrected chi connectivity index (χ4v) is 2.66. The largest absolute Gasteiger partial charge is 0.465 e. The van der Waals surface area contributed by atoms with E-state index in [0.29, 0.717) is 41.8 Å². The zero-order chi connectivity index (χ0) is 17.0. The van der Waals surface area contributed by atoms with Crippen molar-refractivity contribution in [3.8, 4) is 0 Å². The van der Waals surface area contributed by atoms with Gasteiger partial charge in [0.25, 0.3) is 5.91 Å². The van der Waals surface area contributed by atoms with Crippen LogP contribution in [0.15, 0.2) is 4.52 Å². The molecule has 1 aliphatic rings. The number of hydrogen-bond acceptors (Lipinski definition) is 6. The number of nitrogens with zero attached hydrogens (tertiary/aromatic N) is 3. The molecular formula is C14H20N4O4S. The van der Waals surface area contributed by atoms with Crippen molar-refractivity contribution in [3.63, 3.8) is 0 Å². The second-order valence-corrected chi connectivity index (χ2v) is 5.45. The number of esters is 1. The molecule has 0 saturated carbocycles. The first-order valence-electron chi connectivity index (χ1n) is 7.41. The Kier molecular flexibility index (Phi) is 5.54. The number of thiocarbonyl (C=S) groups is 1. The van der Waals surface area contributed by atoms with Crippen LogP contribution in [0.1, 0.15) is 35.2 Å². The van der Waals surface area contributed by atoms with Gasteiger partial charge in [-0.05, 0) is 39.4 Å². The second-order valence-electron chi connectivity index (χ2n) is 5.07. The van der Waals surface area contributed by atoms with E-state index >= 15 is 0 Å². The molecule has 0 aliphatic carbocycles. The van der Waals surface area contributed by atoms with Gasteiger partial charge in [0.15, 0.2) is 5.11 Å². The van der Waals surface area contributed by atoms with Gasteiger partial charge in [0.05, 0.1) is 12.3 Å².